The van der Waals surface area contributed by atoms with Crippen molar-refractivity contribution in [3.05, 3.63) is 115 Å². The van der Waals surface area contributed by atoms with Crippen LogP contribution in [0.3, 0.4) is 0 Å². The Hall–Kier alpha value is -4.81. The highest BCUT2D eigenvalue weighted by Gasteiger charge is 2.41. The van der Waals surface area contributed by atoms with Gasteiger partial charge in [-0.15, -0.1) is 0 Å². The van der Waals surface area contributed by atoms with Crippen LogP contribution in [-0.4, -0.2) is 17.8 Å². The molecule has 3 aromatic rings. The first-order valence-electron chi connectivity index (χ1n) is 13.4. The van der Waals surface area contributed by atoms with Crippen LogP contribution in [0.1, 0.15) is 47.4 Å². The molecule has 5 rings (SSSR count). The number of ketones is 1. The predicted octanol–water partition coefficient (Wildman–Crippen LogP) is 6.76. The zero-order chi connectivity index (χ0) is 30.1. The largest absolute Gasteiger partial charge is 0.496 e. The van der Waals surface area contributed by atoms with Crippen molar-refractivity contribution in [1.29, 1.82) is 5.26 Å². The number of nitrogens with zero attached hydrogens (tertiary/aromatic N) is 3. The predicted molar refractivity (Wildman–Crippen MR) is 159 cm³/mol. The van der Waals surface area contributed by atoms with Crippen molar-refractivity contribution in [2.45, 2.75) is 45.6 Å². The number of anilines is 1. The number of methoxy groups -OCH3 is 1. The summed E-state index contributed by atoms with van der Waals surface area (Å²) >= 11 is 6.50. The molecule has 1 atom stereocenters. The molecule has 10 heteroatoms. The lowest BCUT2D eigenvalue weighted by molar-refractivity contribution is -0.384. The first-order valence-corrected chi connectivity index (χ1v) is 13.8. The van der Waals surface area contributed by atoms with Gasteiger partial charge in [0.05, 0.1) is 40.3 Å². The average Bonchev–Trinajstić information content (AvgIpc) is 2.97. The molecule has 1 aliphatic heterocycles. The highest BCUT2D eigenvalue weighted by molar-refractivity contribution is 6.33. The summed E-state index contributed by atoms with van der Waals surface area (Å²) in [5.41, 5.74) is 11.7. The van der Waals surface area contributed by atoms with Crippen LogP contribution < -0.4 is 20.1 Å². The summed E-state index contributed by atoms with van der Waals surface area (Å²) in [7, 11) is 1.58. The zero-order valence-corrected chi connectivity index (χ0v) is 24.2. The lowest BCUT2D eigenvalue weighted by Gasteiger charge is -2.40. The van der Waals surface area contributed by atoms with E-state index in [9.17, 15) is 20.2 Å². The molecule has 0 fully saturated rings. The quantitative estimate of drug-likeness (QED) is 0.238. The number of benzene rings is 3. The van der Waals surface area contributed by atoms with Crippen molar-refractivity contribution in [2.75, 3.05) is 12.0 Å². The second kappa shape index (κ2) is 11.6. The van der Waals surface area contributed by atoms with Crippen LogP contribution >= 0.6 is 11.6 Å². The van der Waals surface area contributed by atoms with Crippen LogP contribution in [0.15, 0.2) is 77.3 Å². The molecule has 2 aliphatic rings. The van der Waals surface area contributed by atoms with Gasteiger partial charge in [-0.2, -0.15) is 5.26 Å². The summed E-state index contributed by atoms with van der Waals surface area (Å²) in [6.07, 6.45) is 1.44. The van der Waals surface area contributed by atoms with E-state index in [-0.39, 0.29) is 34.5 Å². The standard InChI is InChI=1S/C32H29ClN4O5/c1-18-6-4-9-28(19(18)2)42-17-21-14-20(10-13-29(21)41-3)30-23(16-34)32(35)36(26-7-5-8-27(38)31(26)30)25-12-11-22(37(39)40)15-24(25)33/h4,6,9-15,30H,5,7-8,17,35H2,1-3H3/t30-/m1/s1. The fraction of sp³-hybridized carbons (Fsp3) is 0.250. The fourth-order valence-electron chi connectivity index (χ4n) is 5.61. The number of allylic oxidation sites excluding steroid dienone is 3. The maximum absolute atomic E-state index is 13.5. The van der Waals surface area contributed by atoms with Crippen molar-refractivity contribution in [3.63, 3.8) is 0 Å². The summed E-state index contributed by atoms with van der Waals surface area (Å²) in [4.78, 5) is 25.9. The minimum absolute atomic E-state index is 0.0862. The number of carbonyl (C=O) groups excluding carboxylic acids is 1. The van der Waals surface area contributed by atoms with Gasteiger partial charge < -0.3 is 15.2 Å². The van der Waals surface area contributed by atoms with Gasteiger partial charge in [-0.1, -0.05) is 29.8 Å². The van der Waals surface area contributed by atoms with Crippen LogP contribution in [0.2, 0.25) is 5.02 Å². The minimum atomic E-state index is -0.712. The molecule has 0 amide bonds. The second-order valence-corrected chi connectivity index (χ2v) is 10.7. The van der Waals surface area contributed by atoms with Gasteiger partial charge in [0.1, 0.15) is 23.9 Å². The summed E-state index contributed by atoms with van der Waals surface area (Å²) in [6, 6.07) is 17.7. The van der Waals surface area contributed by atoms with Gasteiger partial charge in [0.25, 0.3) is 5.69 Å². The third-order valence-corrected chi connectivity index (χ3v) is 8.17. The highest BCUT2D eigenvalue weighted by atomic mass is 35.5. The Bertz CT molecular complexity index is 1720. The molecule has 0 saturated carbocycles. The summed E-state index contributed by atoms with van der Waals surface area (Å²) < 4.78 is 11.8. The molecular formula is C32H29ClN4O5. The Morgan fingerprint density at radius 1 is 1.14 bits per heavy atom. The first-order chi connectivity index (χ1) is 20.2. The van der Waals surface area contributed by atoms with Crippen molar-refractivity contribution in [2.24, 2.45) is 5.73 Å². The number of hydrogen-bond acceptors (Lipinski definition) is 8. The third-order valence-electron chi connectivity index (χ3n) is 7.87. The van der Waals surface area contributed by atoms with Gasteiger partial charge in [-0.25, -0.2) is 0 Å². The number of non-ortho nitro benzene ring substituents is 1. The number of nitriles is 1. The van der Waals surface area contributed by atoms with Crippen LogP contribution in [0.5, 0.6) is 11.5 Å². The molecule has 42 heavy (non-hydrogen) atoms. The molecule has 214 valence electrons. The van der Waals surface area contributed by atoms with Crippen molar-refractivity contribution in [1.82, 2.24) is 0 Å². The maximum Gasteiger partial charge on any atom is 0.271 e. The Labute approximate surface area is 248 Å². The number of aryl methyl sites for hydroxylation is 1. The van der Waals surface area contributed by atoms with E-state index >= 15 is 0 Å². The van der Waals surface area contributed by atoms with Gasteiger partial charge in [-0.05, 0) is 67.6 Å². The molecule has 0 aromatic heterocycles. The van der Waals surface area contributed by atoms with Gasteiger partial charge in [0.15, 0.2) is 5.78 Å². The highest BCUT2D eigenvalue weighted by Crippen LogP contribution is 2.48. The Morgan fingerprint density at radius 2 is 1.93 bits per heavy atom. The third kappa shape index (κ3) is 5.06. The molecule has 3 aromatic carbocycles. The monoisotopic (exact) mass is 584 g/mol. The Kier molecular flexibility index (Phi) is 7.92. The van der Waals surface area contributed by atoms with E-state index in [1.165, 1.54) is 18.2 Å². The van der Waals surface area contributed by atoms with E-state index in [2.05, 4.69) is 6.07 Å². The number of nitro groups is 1. The summed E-state index contributed by atoms with van der Waals surface area (Å²) in [6.45, 7) is 4.23. The molecule has 1 heterocycles. The SMILES string of the molecule is COc1ccc([C@@H]2C(C#N)=C(N)N(c3ccc([N+](=O)[O-])cc3Cl)C3=C2C(=O)CCC3)cc1COc1cccc(C)c1C. The van der Waals surface area contributed by atoms with Gasteiger partial charge in [0, 0.05) is 35.4 Å². The van der Waals surface area contributed by atoms with Crippen molar-refractivity contribution < 1.29 is 19.2 Å². The van der Waals surface area contributed by atoms with Crippen molar-refractivity contribution in [3.8, 4) is 17.6 Å². The van der Waals surface area contributed by atoms with Crippen molar-refractivity contribution >= 4 is 28.8 Å². The molecule has 0 unspecified atom stereocenters. The molecule has 2 N–H and O–H groups in total. The molecule has 1 aliphatic carbocycles. The lowest BCUT2D eigenvalue weighted by Crippen LogP contribution is -2.38. The molecule has 0 saturated heterocycles. The van der Waals surface area contributed by atoms with E-state index in [0.29, 0.717) is 47.5 Å². The number of nitro benzene ring substituents is 1. The van der Waals surface area contributed by atoms with Gasteiger partial charge >= 0.3 is 0 Å². The Morgan fingerprint density at radius 3 is 2.62 bits per heavy atom. The lowest BCUT2D eigenvalue weighted by atomic mass is 9.75. The number of rotatable bonds is 7. The Balaban J connectivity index is 1.62. The number of nitrogens with two attached hydrogens (primary N) is 1. The average molecular weight is 585 g/mol. The molecular weight excluding hydrogens is 556 g/mol. The van der Waals surface area contributed by atoms with Crippen LogP contribution in [0, 0.1) is 35.3 Å². The van der Waals surface area contributed by atoms with E-state index in [4.69, 9.17) is 26.8 Å². The van der Waals surface area contributed by atoms with E-state index < -0.39 is 10.8 Å². The maximum atomic E-state index is 13.5. The number of carbonyl (C=O) groups is 1. The number of Topliss-reactive ketones (excluding diaryl/α,β-unsaturated/α-hetero) is 1. The molecule has 0 bridgehead atoms. The fourth-order valence-corrected chi connectivity index (χ4v) is 5.87. The smallest absolute Gasteiger partial charge is 0.271 e. The van der Waals surface area contributed by atoms with Gasteiger partial charge in [-0.3, -0.25) is 19.8 Å². The van der Waals surface area contributed by atoms with E-state index in [1.54, 1.807) is 18.1 Å². The van der Waals surface area contributed by atoms with E-state index in [1.807, 2.05) is 44.2 Å². The van der Waals surface area contributed by atoms with Crippen LogP contribution in [-0.2, 0) is 11.4 Å². The summed E-state index contributed by atoms with van der Waals surface area (Å²) in [5, 5.41) is 21.8. The van der Waals surface area contributed by atoms with E-state index in [0.717, 1.165) is 22.4 Å². The minimum Gasteiger partial charge on any atom is -0.496 e. The molecule has 9 nitrogen and oxygen atoms in total. The topological polar surface area (TPSA) is 132 Å². The second-order valence-electron chi connectivity index (χ2n) is 10.3. The summed E-state index contributed by atoms with van der Waals surface area (Å²) in [5.74, 6) is 0.685. The first kappa shape index (κ1) is 28.7. The molecule has 0 radical (unpaired) electrons. The van der Waals surface area contributed by atoms with Crippen LogP contribution in [0.4, 0.5) is 11.4 Å². The normalized spacial score (nSPS) is 16.7. The van der Waals surface area contributed by atoms with Crippen LogP contribution in [0.25, 0.3) is 0 Å². The number of hydrogen-bond donors (Lipinski definition) is 1. The van der Waals surface area contributed by atoms with Gasteiger partial charge in [0.2, 0.25) is 0 Å². The number of ether oxygens (including phenoxy) is 2. The molecule has 0 spiro atoms. The zero-order valence-electron chi connectivity index (χ0n) is 23.4. The number of halogens is 1.